The molecular weight excluding hydrogens is 340 g/mol. The Morgan fingerprint density at radius 2 is 1.90 bits per heavy atom. The zero-order valence-corrected chi connectivity index (χ0v) is 13.2. The van der Waals surface area contributed by atoms with Gasteiger partial charge in [-0.05, 0) is 65.7 Å². The summed E-state index contributed by atoms with van der Waals surface area (Å²) in [6, 6.07) is 7.86. The summed E-state index contributed by atoms with van der Waals surface area (Å²) in [6.45, 7) is 3.52. The van der Waals surface area contributed by atoms with E-state index in [4.69, 9.17) is 0 Å². The van der Waals surface area contributed by atoms with Crippen LogP contribution in [0.15, 0.2) is 40.9 Å². The van der Waals surface area contributed by atoms with E-state index in [2.05, 4.69) is 21.2 Å². The van der Waals surface area contributed by atoms with Crippen molar-refractivity contribution in [3.63, 3.8) is 0 Å². The van der Waals surface area contributed by atoms with Crippen molar-refractivity contribution in [2.45, 2.75) is 19.9 Å². The molecule has 0 heterocycles. The van der Waals surface area contributed by atoms with Gasteiger partial charge in [-0.25, -0.2) is 8.78 Å². The summed E-state index contributed by atoms with van der Waals surface area (Å²) in [6.07, 6.45) is 0. The van der Waals surface area contributed by atoms with Crippen LogP contribution in [0.2, 0.25) is 0 Å². The molecule has 2 aromatic rings. The maximum absolute atomic E-state index is 13.7. The summed E-state index contributed by atoms with van der Waals surface area (Å²) in [7, 11) is 0. The first kappa shape index (κ1) is 15.6. The fourth-order valence-corrected chi connectivity index (χ4v) is 2.68. The van der Waals surface area contributed by atoms with Crippen molar-refractivity contribution in [1.82, 2.24) is 5.32 Å². The van der Waals surface area contributed by atoms with Crippen LogP contribution in [0.3, 0.4) is 0 Å². The molecule has 0 saturated carbocycles. The molecular formula is C16H14BrF2NO. The van der Waals surface area contributed by atoms with E-state index in [1.165, 1.54) is 0 Å². The molecule has 0 aliphatic rings. The van der Waals surface area contributed by atoms with E-state index in [9.17, 15) is 13.6 Å². The van der Waals surface area contributed by atoms with Gasteiger partial charge in [0, 0.05) is 10.0 Å². The highest BCUT2D eigenvalue weighted by molar-refractivity contribution is 9.10. The second-order valence-electron chi connectivity index (χ2n) is 4.84. The number of halogens is 3. The van der Waals surface area contributed by atoms with Crippen LogP contribution in [0, 0.1) is 18.6 Å². The second kappa shape index (κ2) is 6.35. The number of amides is 1. The average molecular weight is 354 g/mol. The van der Waals surface area contributed by atoms with Crippen LogP contribution in [0.25, 0.3) is 0 Å². The SMILES string of the molecule is Cc1ccc(C(=O)NC(C)c2cc(F)ccc2F)c(Br)c1. The number of carbonyl (C=O) groups excluding carboxylic acids is 1. The lowest BCUT2D eigenvalue weighted by atomic mass is 10.1. The van der Waals surface area contributed by atoms with Gasteiger partial charge in [-0.15, -0.1) is 0 Å². The third kappa shape index (κ3) is 3.67. The molecule has 5 heteroatoms. The minimum Gasteiger partial charge on any atom is -0.345 e. The van der Waals surface area contributed by atoms with Gasteiger partial charge in [0.25, 0.3) is 5.91 Å². The summed E-state index contributed by atoms with van der Waals surface area (Å²) in [5.74, 6) is -1.44. The molecule has 1 atom stereocenters. The van der Waals surface area contributed by atoms with Crippen LogP contribution in [-0.2, 0) is 0 Å². The van der Waals surface area contributed by atoms with Gasteiger partial charge >= 0.3 is 0 Å². The molecule has 0 fully saturated rings. The lowest BCUT2D eigenvalue weighted by molar-refractivity contribution is 0.0938. The molecule has 0 spiro atoms. The Morgan fingerprint density at radius 3 is 2.57 bits per heavy atom. The van der Waals surface area contributed by atoms with Crippen molar-refractivity contribution in [2.24, 2.45) is 0 Å². The van der Waals surface area contributed by atoms with Gasteiger partial charge in [0.05, 0.1) is 11.6 Å². The highest BCUT2D eigenvalue weighted by atomic mass is 79.9. The van der Waals surface area contributed by atoms with Gasteiger partial charge in [-0.1, -0.05) is 6.07 Å². The van der Waals surface area contributed by atoms with Crippen molar-refractivity contribution in [2.75, 3.05) is 0 Å². The quantitative estimate of drug-likeness (QED) is 0.862. The molecule has 2 aromatic carbocycles. The van der Waals surface area contributed by atoms with Crippen molar-refractivity contribution in [3.05, 3.63) is 69.2 Å². The van der Waals surface area contributed by atoms with E-state index in [-0.39, 0.29) is 11.5 Å². The predicted molar refractivity (Wildman–Crippen MR) is 81.1 cm³/mol. The Balaban J connectivity index is 2.20. The van der Waals surface area contributed by atoms with Crippen LogP contribution < -0.4 is 5.32 Å². The summed E-state index contributed by atoms with van der Waals surface area (Å²) < 4.78 is 27.5. The Morgan fingerprint density at radius 1 is 1.19 bits per heavy atom. The Kier molecular flexibility index (Phi) is 4.73. The number of rotatable bonds is 3. The van der Waals surface area contributed by atoms with E-state index in [1.54, 1.807) is 13.0 Å². The third-order valence-electron chi connectivity index (χ3n) is 3.14. The number of carbonyl (C=O) groups is 1. The first-order valence-corrected chi connectivity index (χ1v) is 7.19. The third-order valence-corrected chi connectivity index (χ3v) is 3.80. The van der Waals surface area contributed by atoms with Gasteiger partial charge in [0.2, 0.25) is 0 Å². The summed E-state index contributed by atoms with van der Waals surface area (Å²) in [4.78, 5) is 12.2. The van der Waals surface area contributed by atoms with E-state index in [1.807, 2.05) is 19.1 Å². The van der Waals surface area contributed by atoms with E-state index in [0.717, 1.165) is 23.8 Å². The molecule has 0 saturated heterocycles. The minimum atomic E-state index is -0.638. The molecule has 110 valence electrons. The van der Waals surface area contributed by atoms with Crippen LogP contribution >= 0.6 is 15.9 Å². The molecule has 0 aliphatic carbocycles. The molecule has 0 radical (unpaired) electrons. The lowest BCUT2D eigenvalue weighted by Gasteiger charge is -2.16. The van der Waals surface area contributed by atoms with Crippen LogP contribution in [0.1, 0.15) is 34.5 Å². The van der Waals surface area contributed by atoms with E-state index >= 15 is 0 Å². The highest BCUT2D eigenvalue weighted by Crippen LogP contribution is 2.21. The molecule has 0 aromatic heterocycles. The standard InChI is InChI=1S/C16H14BrF2NO/c1-9-3-5-12(14(17)7-9)16(21)20-10(2)13-8-11(18)4-6-15(13)19/h3-8,10H,1-2H3,(H,20,21). The van der Waals surface area contributed by atoms with Crippen LogP contribution in [0.5, 0.6) is 0 Å². The van der Waals surface area contributed by atoms with Crippen molar-refractivity contribution in [1.29, 1.82) is 0 Å². The summed E-state index contributed by atoms with van der Waals surface area (Å²) >= 11 is 3.33. The Bertz CT molecular complexity index is 688. The summed E-state index contributed by atoms with van der Waals surface area (Å²) in [5.41, 5.74) is 1.58. The fraction of sp³-hybridized carbons (Fsp3) is 0.188. The smallest absolute Gasteiger partial charge is 0.252 e. The number of benzene rings is 2. The van der Waals surface area contributed by atoms with Crippen molar-refractivity contribution < 1.29 is 13.6 Å². The molecule has 1 unspecified atom stereocenters. The van der Waals surface area contributed by atoms with Crippen molar-refractivity contribution >= 4 is 21.8 Å². The van der Waals surface area contributed by atoms with Gasteiger partial charge in [-0.3, -0.25) is 4.79 Å². The predicted octanol–water partition coefficient (Wildman–Crippen LogP) is 4.53. The van der Waals surface area contributed by atoms with E-state index < -0.39 is 17.7 Å². The minimum absolute atomic E-state index is 0.117. The molecule has 0 bridgehead atoms. The molecule has 0 aliphatic heterocycles. The molecule has 2 rings (SSSR count). The van der Waals surface area contributed by atoms with Crippen molar-refractivity contribution in [3.8, 4) is 0 Å². The maximum atomic E-state index is 13.7. The normalized spacial score (nSPS) is 12.0. The molecule has 2 nitrogen and oxygen atoms in total. The zero-order chi connectivity index (χ0) is 15.6. The van der Waals surface area contributed by atoms with Crippen LogP contribution in [0.4, 0.5) is 8.78 Å². The number of hydrogen-bond acceptors (Lipinski definition) is 1. The summed E-state index contributed by atoms with van der Waals surface area (Å²) in [5, 5.41) is 2.67. The zero-order valence-electron chi connectivity index (χ0n) is 11.6. The lowest BCUT2D eigenvalue weighted by Crippen LogP contribution is -2.27. The van der Waals surface area contributed by atoms with Gasteiger partial charge in [0.15, 0.2) is 0 Å². The van der Waals surface area contributed by atoms with Gasteiger partial charge in [0.1, 0.15) is 11.6 Å². The Hall–Kier alpha value is -1.75. The van der Waals surface area contributed by atoms with Gasteiger partial charge < -0.3 is 5.32 Å². The number of hydrogen-bond donors (Lipinski definition) is 1. The fourth-order valence-electron chi connectivity index (χ4n) is 2.00. The molecule has 21 heavy (non-hydrogen) atoms. The molecule has 1 N–H and O–H groups in total. The first-order chi connectivity index (χ1) is 9.88. The molecule has 1 amide bonds. The monoisotopic (exact) mass is 353 g/mol. The first-order valence-electron chi connectivity index (χ1n) is 6.40. The van der Waals surface area contributed by atoms with Gasteiger partial charge in [-0.2, -0.15) is 0 Å². The second-order valence-corrected chi connectivity index (χ2v) is 5.70. The largest absolute Gasteiger partial charge is 0.345 e. The van der Waals surface area contributed by atoms with Crippen LogP contribution in [-0.4, -0.2) is 5.91 Å². The highest BCUT2D eigenvalue weighted by Gasteiger charge is 2.17. The number of aryl methyl sites for hydroxylation is 1. The topological polar surface area (TPSA) is 29.1 Å². The van der Waals surface area contributed by atoms with E-state index in [0.29, 0.717) is 10.0 Å². The maximum Gasteiger partial charge on any atom is 0.252 e. The average Bonchev–Trinajstić information content (AvgIpc) is 2.41. The Labute approximate surface area is 130 Å². The number of nitrogens with one attached hydrogen (secondary N) is 1.